The van der Waals surface area contributed by atoms with Crippen molar-refractivity contribution in [2.45, 2.75) is 0 Å². The first-order valence-electron chi connectivity index (χ1n) is 16.3. The summed E-state index contributed by atoms with van der Waals surface area (Å²) in [6.45, 7) is 0. The second-order valence-corrected chi connectivity index (χ2v) is 12.1. The molecule has 3 heterocycles. The molecule has 0 atom stereocenters. The number of aromatic nitrogens is 5. The van der Waals surface area contributed by atoms with E-state index in [-0.39, 0.29) is 0 Å². The molecule has 1 aliphatic rings. The van der Waals surface area contributed by atoms with Crippen LogP contribution in [0.4, 0.5) is 0 Å². The van der Waals surface area contributed by atoms with Crippen LogP contribution in [0.25, 0.3) is 77.9 Å². The minimum Gasteiger partial charge on any atom is -0.431 e. The van der Waals surface area contributed by atoms with E-state index in [1.807, 2.05) is 115 Å². The molecule has 7 nitrogen and oxygen atoms in total. The molecule has 9 aromatic rings. The van der Waals surface area contributed by atoms with Crippen LogP contribution in [-0.4, -0.2) is 24.9 Å². The molecule has 0 saturated carbocycles. The van der Waals surface area contributed by atoms with Gasteiger partial charge in [0.1, 0.15) is 5.52 Å². The summed E-state index contributed by atoms with van der Waals surface area (Å²) in [5, 5.41) is 4.02. The van der Waals surface area contributed by atoms with Gasteiger partial charge in [-0.2, -0.15) is 0 Å². The van der Waals surface area contributed by atoms with Gasteiger partial charge < -0.3 is 9.47 Å². The zero-order valence-corrected chi connectivity index (χ0v) is 26.5. The first-order valence-corrected chi connectivity index (χ1v) is 16.3. The lowest BCUT2D eigenvalue weighted by molar-refractivity contribution is 0.342. The fraction of sp³-hybridized carbons (Fsp3) is 0. The minimum absolute atomic E-state index is 0.336. The summed E-state index contributed by atoms with van der Waals surface area (Å²) in [4.78, 5) is 24.7. The molecule has 2 aromatic heterocycles. The summed E-state index contributed by atoms with van der Waals surface area (Å²) in [6.07, 6.45) is 0. The van der Waals surface area contributed by atoms with Crippen molar-refractivity contribution in [3.05, 3.63) is 152 Å². The van der Waals surface area contributed by atoms with Crippen molar-refractivity contribution in [1.29, 1.82) is 0 Å². The van der Waals surface area contributed by atoms with Gasteiger partial charge in [0, 0.05) is 27.5 Å². The van der Waals surface area contributed by atoms with Gasteiger partial charge in [0.2, 0.25) is 0 Å². The van der Waals surface area contributed by atoms with Gasteiger partial charge in [0.05, 0.1) is 5.52 Å². The van der Waals surface area contributed by atoms with E-state index in [9.17, 15) is 0 Å². The van der Waals surface area contributed by atoms with Gasteiger partial charge in [0.15, 0.2) is 29.0 Å². The molecule has 1 aliphatic heterocycles. The summed E-state index contributed by atoms with van der Waals surface area (Å²) < 4.78 is 12.7. The third-order valence-electron chi connectivity index (χ3n) is 8.99. The van der Waals surface area contributed by atoms with Crippen molar-refractivity contribution in [1.82, 2.24) is 24.9 Å². The van der Waals surface area contributed by atoms with Crippen molar-refractivity contribution in [3.8, 4) is 68.5 Å². The lowest BCUT2D eigenvalue weighted by Gasteiger charge is -2.21. The largest absolute Gasteiger partial charge is 0.431 e. The van der Waals surface area contributed by atoms with Crippen molar-refractivity contribution < 1.29 is 9.47 Å². The Hall–Kier alpha value is -6.99. The second-order valence-electron chi connectivity index (χ2n) is 12.1. The number of benzene rings is 7. The van der Waals surface area contributed by atoms with Crippen molar-refractivity contribution in [2.24, 2.45) is 0 Å². The van der Waals surface area contributed by atoms with E-state index in [2.05, 4.69) is 36.4 Å². The van der Waals surface area contributed by atoms with E-state index in [0.29, 0.717) is 46.2 Å². The van der Waals surface area contributed by atoms with Crippen molar-refractivity contribution in [3.63, 3.8) is 0 Å². The van der Waals surface area contributed by atoms with Gasteiger partial charge >= 0.3 is 0 Å². The molecule has 234 valence electrons. The number of hydrogen-bond donors (Lipinski definition) is 0. The molecule has 0 bridgehead atoms. The SMILES string of the molecule is c1ccc(-c2nc(-c3ccccc3)nc(-c3cccc(-c4cc5nc6c(nc5c5ccccc45)Oc4ccc5ccccc5c4O6)c3)n2)cc1. The highest BCUT2D eigenvalue weighted by atomic mass is 16.6. The van der Waals surface area contributed by atoms with Crippen LogP contribution < -0.4 is 9.47 Å². The Morgan fingerprint density at radius 1 is 0.380 bits per heavy atom. The molecule has 0 N–H and O–H groups in total. The average Bonchev–Trinajstić information content (AvgIpc) is 3.19. The third kappa shape index (κ3) is 4.71. The molecule has 0 fully saturated rings. The summed E-state index contributed by atoms with van der Waals surface area (Å²) in [7, 11) is 0. The molecule has 0 saturated heterocycles. The average molecular weight is 644 g/mol. The molecule has 10 rings (SSSR count). The van der Waals surface area contributed by atoms with Crippen LogP contribution in [0.2, 0.25) is 0 Å². The maximum atomic E-state index is 6.41. The summed E-state index contributed by atoms with van der Waals surface area (Å²) >= 11 is 0. The highest BCUT2D eigenvalue weighted by Gasteiger charge is 2.25. The Morgan fingerprint density at radius 3 is 1.70 bits per heavy atom. The van der Waals surface area contributed by atoms with E-state index in [1.165, 1.54) is 0 Å². The summed E-state index contributed by atoms with van der Waals surface area (Å²) in [5.41, 5.74) is 6.17. The number of fused-ring (bicyclic) bond motifs is 7. The van der Waals surface area contributed by atoms with Gasteiger partial charge in [0.25, 0.3) is 11.8 Å². The van der Waals surface area contributed by atoms with Gasteiger partial charge in [-0.25, -0.2) is 24.9 Å². The standard InChI is InChI=1S/C43H25N5O2/c1-3-13-27(14-4-1)39-46-40(28-15-5-2-6-16-28)48-41(47-39)30-18-11-17-29(24-30)34-25-35-37(33-21-10-9-20-32(33)34)45-43-42(44-35)50-38-31-19-8-7-12-26(31)22-23-36(38)49-43/h1-25H. The predicted octanol–water partition coefficient (Wildman–Crippen LogP) is 10.7. The Morgan fingerprint density at radius 2 is 0.960 bits per heavy atom. The van der Waals surface area contributed by atoms with Crippen LogP contribution >= 0.6 is 0 Å². The Labute approximate surface area is 286 Å². The fourth-order valence-corrected chi connectivity index (χ4v) is 6.60. The topological polar surface area (TPSA) is 82.9 Å². The lowest BCUT2D eigenvalue weighted by atomic mass is 9.95. The molecule has 50 heavy (non-hydrogen) atoms. The maximum Gasteiger partial charge on any atom is 0.284 e. The van der Waals surface area contributed by atoms with Crippen molar-refractivity contribution in [2.75, 3.05) is 0 Å². The normalized spacial score (nSPS) is 11.9. The van der Waals surface area contributed by atoms with Crippen LogP contribution in [0.3, 0.4) is 0 Å². The van der Waals surface area contributed by atoms with Gasteiger partial charge in [-0.3, -0.25) is 0 Å². The van der Waals surface area contributed by atoms with Crippen LogP contribution in [-0.2, 0) is 0 Å². The molecule has 0 amide bonds. The van der Waals surface area contributed by atoms with E-state index < -0.39 is 0 Å². The quantitative estimate of drug-likeness (QED) is 0.176. The molecule has 0 unspecified atom stereocenters. The van der Waals surface area contributed by atoms with E-state index in [4.69, 9.17) is 34.4 Å². The molecule has 7 aromatic carbocycles. The Bertz CT molecular complexity index is 2710. The number of nitrogens with zero attached hydrogens (tertiary/aromatic N) is 5. The zero-order valence-electron chi connectivity index (χ0n) is 26.5. The zero-order chi connectivity index (χ0) is 33.0. The second kappa shape index (κ2) is 11.3. The Balaban J connectivity index is 1.12. The van der Waals surface area contributed by atoms with Gasteiger partial charge in [-0.05, 0) is 40.1 Å². The van der Waals surface area contributed by atoms with E-state index >= 15 is 0 Å². The van der Waals surface area contributed by atoms with Gasteiger partial charge in [-0.15, -0.1) is 0 Å². The molecule has 0 radical (unpaired) electrons. The highest BCUT2D eigenvalue weighted by Crippen LogP contribution is 2.48. The lowest BCUT2D eigenvalue weighted by Crippen LogP contribution is -2.04. The van der Waals surface area contributed by atoms with Crippen LogP contribution in [0, 0.1) is 0 Å². The van der Waals surface area contributed by atoms with Crippen LogP contribution in [0.5, 0.6) is 23.3 Å². The number of ether oxygens (including phenoxy) is 2. The minimum atomic E-state index is 0.336. The highest BCUT2D eigenvalue weighted by molar-refractivity contribution is 6.11. The molecule has 7 heteroatoms. The van der Waals surface area contributed by atoms with E-state index in [0.717, 1.165) is 54.9 Å². The molecular formula is C43H25N5O2. The van der Waals surface area contributed by atoms with E-state index in [1.54, 1.807) is 0 Å². The predicted molar refractivity (Wildman–Crippen MR) is 196 cm³/mol. The number of hydrogen-bond acceptors (Lipinski definition) is 7. The molecular weight excluding hydrogens is 619 g/mol. The first kappa shape index (κ1) is 28.1. The Kier molecular flexibility index (Phi) is 6.35. The fourth-order valence-electron chi connectivity index (χ4n) is 6.60. The van der Waals surface area contributed by atoms with Gasteiger partial charge in [-0.1, -0.05) is 133 Å². The summed E-state index contributed by atoms with van der Waals surface area (Å²) in [6, 6.07) is 50.6. The smallest absolute Gasteiger partial charge is 0.284 e. The van der Waals surface area contributed by atoms with Crippen LogP contribution in [0.15, 0.2) is 152 Å². The third-order valence-corrected chi connectivity index (χ3v) is 8.99. The summed E-state index contributed by atoms with van der Waals surface area (Å²) in [5.74, 6) is 3.77. The van der Waals surface area contributed by atoms with Crippen LogP contribution in [0.1, 0.15) is 0 Å². The number of rotatable bonds is 4. The monoisotopic (exact) mass is 643 g/mol. The molecule has 0 aliphatic carbocycles. The first-order chi connectivity index (χ1) is 24.7. The van der Waals surface area contributed by atoms with Crippen molar-refractivity contribution >= 4 is 32.6 Å². The maximum absolute atomic E-state index is 6.41. The molecule has 0 spiro atoms.